The predicted molar refractivity (Wildman–Crippen MR) is 161 cm³/mol. The van der Waals surface area contributed by atoms with E-state index < -0.39 is 0 Å². The highest BCUT2D eigenvalue weighted by atomic mass is 16.5. The van der Waals surface area contributed by atoms with Crippen LogP contribution in [0, 0.1) is 0 Å². The summed E-state index contributed by atoms with van der Waals surface area (Å²) in [5, 5.41) is 13.2. The number of nitrogens with one attached hydrogen (secondary N) is 3. The van der Waals surface area contributed by atoms with Gasteiger partial charge in [-0.3, -0.25) is 9.89 Å². The molecule has 11 nitrogen and oxygen atoms in total. The normalized spacial score (nSPS) is 13.3. The van der Waals surface area contributed by atoms with Crippen molar-refractivity contribution in [1.29, 1.82) is 0 Å². The van der Waals surface area contributed by atoms with Crippen LogP contribution in [0.1, 0.15) is 10.4 Å². The second-order valence-corrected chi connectivity index (χ2v) is 9.84. The van der Waals surface area contributed by atoms with Gasteiger partial charge in [0.1, 0.15) is 6.33 Å². The molecule has 208 valence electrons. The number of fused-ring (bicyclic) bond motifs is 1. The molecule has 0 unspecified atom stereocenters. The number of H-pyrrole nitrogens is 1. The van der Waals surface area contributed by atoms with Crippen molar-refractivity contribution in [2.75, 3.05) is 41.8 Å². The van der Waals surface area contributed by atoms with Gasteiger partial charge in [0.25, 0.3) is 5.91 Å². The zero-order valence-electron chi connectivity index (χ0n) is 22.6. The van der Waals surface area contributed by atoms with Gasteiger partial charge in [0.05, 0.1) is 18.9 Å². The standard InChI is InChI=1S/C31H27N9O2/c41-31(36-25-6-4-21(5-7-25)28-33-20-34-38-28)23-3-1-2-22(18-23)27-19-40-13-12-32-30(40)29(37-27)35-24-8-10-26(11-9-24)39-14-16-42-17-15-39/h1-13,18-20H,14-17H2,(H,35,37)(H,36,41)(H,33,34,38). The van der Waals surface area contributed by atoms with E-state index in [0.29, 0.717) is 34.2 Å². The number of aromatic nitrogens is 6. The minimum Gasteiger partial charge on any atom is -0.378 e. The van der Waals surface area contributed by atoms with Gasteiger partial charge >= 0.3 is 0 Å². The number of aromatic amines is 1. The third-order valence-electron chi connectivity index (χ3n) is 7.12. The molecule has 1 saturated heterocycles. The monoisotopic (exact) mass is 557 g/mol. The van der Waals surface area contributed by atoms with Gasteiger partial charge in [0, 0.05) is 65.4 Å². The number of imidazole rings is 1. The number of hydrogen-bond donors (Lipinski definition) is 3. The lowest BCUT2D eigenvalue weighted by Gasteiger charge is -2.28. The third kappa shape index (κ3) is 5.28. The molecule has 42 heavy (non-hydrogen) atoms. The van der Waals surface area contributed by atoms with Crippen LogP contribution in [0.3, 0.4) is 0 Å². The summed E-state index contributed by atoms with van der Waals surface area (Å²) in [6.07, 6.45) is 7.06. The first-order chi connectivity index (χ1) is 20.7. The van der Waals surface area contributed by atoms with Gasteiger partial charge in [-0.25, -0.2) is 15.0 Å². The Morgan fingerprint density at radius 1 is 0.905 bits per heavy atom. The third-order valence-corrected chi connectivity index (χ3v) is 7.12. The van der Waals surface area contributed by atoms with Crippen LogP contribution in [0.5, 0.6) is 0 Å². The molecule has 1 aliphatic heterocycles. The SMILES string of the molecule is O=C(Nc1ccc(-c2nc[nH]n2)cc1)c1cccc(-c2cn3ccnc3c(Nc3ccc(N4CCOCC4)cc3)n2)c1. The van der Waals surface area contributed by atoms with Crippen molar-refractivity contribution < 1.29 is 9.53 Å². The van der Waals surface area contributed by atoms with Crippen molar-refractivity contribution in [3.8, 4) is 22.6 Å². The van der Waals surface area contributed by atoms with Crippen LogP contribution in [-0.4, -0.2) is 61.8 Å². The topological polar surface area (TPSA) is 125 Å². The van der Waals surface area contributed by atoms with E-state index in [0.717, 1.165) is 48.8 Å². The van der Waals surface area contributed by atoms with Crippen LogP contribution in [0.4, 0.5) is 22.9 Å². The van der Waals surface area contributed by atoms with Gasteiger partial charge in [-0.1, -0.05) is 12.1 Å². The summed E-state index contributed by atoms with van der Waals surface area (Å²) in [5.74, 6) is 1.00. The van der Waals surface area contributed by atoms with Crippen LogP contribution in [0.2, 0.25) is 0 Å². The quantitative estimate of drug-likeness (QED) is 0.250. The molecule has 4 heterocycles. The first-order valence-electron chi connectivity index (χ1n) is 13.6. The lowest BCUT2D eigenvalue weighted by Crippen LogP contribution is -2.36. The number of carbonyl (C=O) groups is 1. The Balaban J connectivity index is 1.11. The Labute approximate surface area is 241 Å². The fourth-order valence-electron chi connectivity index (χ4n) is 4.94. The van der Waals surface area contributed by atoms with E-state index in [1.165, 1.54) is 6.33 Å². The Bertz CT molecular complexity index is 1830. The Morgan fingerprint density at radius 2 is 1.71 bits per heavy atom. The lowest BCUT2D eigenvalue weighted by atomic mass is 10.1. The zero-order valence-corrected chi connectivity index (χ0v) is 22.6. The minimum absolute atomic E-state index is 0.218. The van der Waals surface area contributed by atoms with E-state index in [2.05, 4.69) is 47.8 Å². The highest BCUT2D eigenvalue weighted by Gasteiger charge is 2.14. The van der Waals surface area contributed by atoms with Crippen molar-refractivity contribution in [2.45, 2.75) is 0 Å². The summed E-state index contributed by atoms with van der Waals surface area (Å²) in [6.45, 7) is 3.26. The molecular weight excluding hydrogens is 530 g/mol. The molecule has 0 bridgehead atoms. The summed E-state index contributed by atoms with van der Waals surface area (Å²) in [6, 6.07) is 23.1. The molecule has 3 aromatic carbocycles. The van der Waals surface area contributed by atoms with Crippen molar-refractivity contribution in [1.82, 2.24) is 29.5 Å². The average molecular weight is 558 g/mol. The average Bonchev–Trinajstić information content (AvgIpc) is 3.76. The van der Waals surface area contributed by atoms with Crippen LogP contribution < -0.4 is 15.5 Å². The van der Waals surface area contributed by atoms with Gasteiger partial charge in [0.2, 0.25) is 0 Å². The van der Waals surface area contributed by atoms with E-state index >= 15 is 0 Å². The van der Waals surface area contributed by atoms with Crippen molar-refractivity contribution >= 4 is 34.4 Å². The number of anilines is 4. The molecule has 1 amide bonds. The molecule has 0 spiro atoms. The van der Waals surface area contributed by atoms with Crippen LogP contribution in [-0.2, 0) is 4.74 Å². The summed E-state index contributed by atoms with van der Waals surface area (Å²) in [4.78, 5) is 29.0. The van der Waals surface area contributed by atoms with Gasteiger partial charge in [-0.2, -0.15) is 5.10 Å². The van der Waals surface area contributed by atoms with Gasteiger partial charge in [0.15, 0.2) is 17.3 Å². The van der Waals surface area contributed by atoms with E-state index in [1.807, 2.05) is 71.4 Å². The number of rotatable bonds is 7. The zero-order chi connectivity index (χ0) is 28.3. The molecule has 0 aliphatic carbocycles. The highest BCUT2D eigenvalue weighted by Crippen LogP contribution is 2.27. The van der Waals surface area contributed by atoms with E-state index in [-0.39, 0.29) is 5.91 Å². The molecule has 1 aliphatic rings. The Hall–Kier alpha value is -5.55. The van der Waals surface area contributed by atoms with E-state index in [1.54, 1.807) is 12.3 Å². The molecule has 0 radical (unpaired) electrons. The van der Waals surface area contributed by atoms with Gasteiger partial charge in [-0.15, -0.1) is 0 Å². The second-order valence-electron chi connectivity index (χ2n) is 9.84. The van der Waals surface area contributed by atoms with Crippen molar-refractivity contribution in [3.05, 3.63) is 103 Å². The molecule has 1 fully saturated rings. The maximum Gasteiger partial charge on any atom is 0.255 e. The molecule has 0 saturated carbocycles. The summed E-state index contributed by atoms with van der Waals surface area (Å²) in [7, 11) is 0. The Morgan fingerprint density at radius 3 is 2.50 bits per heavy atom. The van der Waals surface area contributed by atoms with E-state index in [4.69, 9.17) is 9.72 Å². The van der Waals surface area contributed by atoms with Crippen LogP contribution in [0.15, 0.2) is 97.7 Å². The number of hydrogen-bond acceptors (Lipinski definition) is 8. The first kappa shape index (κ1) is 25.4. The molecule has 3 aromatic heterocycles. The number of morpholine rings is 1. The first-order valence-corrected chi connectivity index (χ1v) is 13.6. The maximum atomic E-state index is 13.1. The minimum atomic E-state index is -0.218. The summed E-state index contributed by atoms with van der Waals surface area (Å²) in [5.41, 5.74) is 6.34. The number of ether oxygens (including phenoxy) is 1. The molecule has 0 atom stereocenters. The van der Waals surface area contributed by atoms with Gasteiger partial charge < -0.3 is 24.7 Å². The summed E-state index contributed by atoms with van der Waals surface area (Å²) >= 11 is 0. The smallest absolute Gasteiger partial charge is 0.255 e. The van der Waals surface area contributed by atoms with Crippen LogP contribution in [0.25, 0.3) is 28.3 Å². The number of amides is 1. The Kier molecular flexibility index (Phi) is 6.74. The molecular formula is C31H27N9O2. The second kappa shape index (κ2) is 11.1. The van der Waals surface area contributed by atoms with Gasteiger partial charge in [-0.05, 0) is 60.7 Å². The number of benzene rings is 3. The molecule has 3 N–H and O–H groups in total. The van der Waals surface area contributed by atoms with Crippen molar-refractivity contribution in [2.24, 2.45) is 0 Å². The predicted octanol–water partition coefficient (Wildman–Crippen LogP) is 5.01. The maximum absolute atomic E-state index is 13.1. The number of nitrogens with zero attached hydrogens (tertiary/aromatic N) is 6. The fraction of sp³-hybridized carbons (Fsp3) is 0.129. The lowest BCUT2D eigenvalue weighted by molar-refractivity contribution is 0.102. The van der Waals surface area contributed by atoms with E-state index in [9.17, 15) is 4.79 Å². The number of carbonyl (C=O) groups excluding carboxylic acids is 1. The fourth-order valence-corrected chi connectivity index (χ4v) is 4.94. The summed E-state index contributed by atoms with van der Waals surface area (Å²) < 4.78 is 7.39. The van der Waals surface area contributed by atoms with Crippen molar-refractivity contribution in [3.63, 3.8) is 0 Å². The molecule has 11 heteroatoms. The highest BCUT2D eigenvalue weighted by molar-refractivity contribution is 6.05. The molecule has 6 aromatic rings. The molecule has 7 rings (SSSR count). The van der Waals surface area contributed by atoms with Crippen LogP contribution >= 0.6 is 0 Å². The largest absolute Gasteiger partial charge is 0.378 e.